The summed E-state index contributed by atoms with van der Waals surface area (Å²) in [6, 6.07) is 13.0. The van der Waals surface area contributed by atoms with Crippen molar-refractivity contribution in [3.05, 3.63) is 48.0 Å². The van der Waals surface area contributed by atoms with Crippen LogP contribution < -0.4 is 5.32 Å². The van der Waals surface area contributed by atoms with E-state index in [-0.39, 0.29) is 5.91 Å². The van der Waals surface area contributed by atoms with Crippen LogP contribution in [0.2, 0.25) is 0 Å². The standard InChI is InChI=1S/C20H23NO3/c1-20(10-4-5-11-20)19(24)21-17(18(22)23)13-14-8-9-15-6-2-3-7-16(15)12-14/h2-3,6-9,12,17H,4-5,10-11,13H2,1H3,(H,21,24)(H,22,23)/t17-/m0/s1. The highest BCUT2D eigenvalue weighted by atomic mass is 16.4. The molecule has 126 valence electrons. The molecule has 0 spiro atoms. The molecule has 1 saturated carbocycles. The molecule has 2 aromatic rings. The molecule has 24 heavy (non-hydrogen) atoms. The average molecular weight is 325 g/mol. The molecule has 0 unspecified atom stereocenters. The van der Waals surface area contributed by atoms with Gasteiger partial charge in [0.05, 0.1) is 0 Å². The lowest BCUT2D eigenvalue weighted by Gasteiger charge is -2.25. The zero-order chi connectivity index (χ0) is 17.2. The van der Waals surface area contributed by atoms with Crippen LogP contribution in [0.3, 0.4) is 0 Å². The van der Waals surface area contributed by atoms with Gasteiger partial charge in [-0.1, -0.05) is 62.2 Å². The Kier molecular flexibility index (Phi) is 4.56. The number of amides is 1. The Morgan fingerprint density at radius 1 is 1.12 bits per heavy atom. The highest BCUT2D eigenvalue weighted by Gasteiger charge is 2.38. The van der Waals surface area contributed by atoms with E-state index in [2.05, 4.69) is 5.32 Å². The number of nitrogens with one attached hydrogen (secondary N) is 1. The zero-order valence-electron chi connectivity index (χ0n) is 13.9. The quantitative estimate of drug-likeness (QED) is 0.884. The zero-order valence-corrected chi connectivity index (χ0v) is 13.9. The van der Waals surface area contributed by atoms with E-state index in [4.69, 9.17) is 0 Å². The molecule has 1 amide bonds. The average Bonchev–Trinajstić information content (AvgIpc) is 3.02. The first-order chi connectivity index (χ1) is 11.5. The third-order valence-corrected chi connectivity index (χ3v) is 5.11. The molecule has 1 aliphatic rings. The van der Waals surface area contributed by atoms with Gasteiger partial charge in [-0.2, -0.15) is 0 Å². The molecule has 1 fully saturated rings. The number of hydrogen-bond acceptors (Lipinski definition) is 2. The molecular formula is C20H23NO3. The van der Waals surface area contributed by atoms with Crippen LogP contribution in [-0.2, 0) is 16.0 Å². The molecule has 1 atom stereocenters. The molecule has 4 nitrogen and oxygen atoms in total. The first-order valence-corrected chi connectivity index (χ1v) is 8.49. The van der Waals surface area contributed by atoms with Gasteiger partial charge in [0.15, 0.2) is 0 Å². The summed E-state index contributed by atoms with van der Waals surface area (Å²) < 4.78 is 0. The van der Waals surface area contributed by atoms with Crippen LogP contribution in [0.25, 0.3) is 10.8 Å². The molecule has 0 aromatic heterocycles. The van der Waals surface area contributed by atoms with Gasteiger partial charge in [0.2, 0.25) is 5.91 Å². The number of benzene rings is 2. The van der Waals surface area contributed by atoms with Crippen molar-refractivity contribution in [3.63, 3.8) is 0 Å². The second-order valence-corrected chi connectivity index (χ2v) is 7.02. The van der Waals surface area contributed by atoms with Gasteiger partial charge in [-0.05, 0) is 29.2 Å². The van der Waals surface area contributed by atoms with E-state index in [1.54, 1.807) is 0 Å². The Morgan fingerprint density at radius 3 is 2.46 bits per heavy atom. The van der Waals surface area contributed by atoms with Gasteiger partial charge in [-0.15, -0.1) is 0 Å². The third-order valence-electron chi connectivity index (χ3n) is 5.11. The summed E-state index contributed by atoms with van der Waals surface area (Å²) >= 11 is 0. The van der Waals surface area contributed by atoms with E-state index in [1.165, 1.54) is 0 Å². The van der Waals surface area contributed by atoms with Gasteiger partial charge in [0.25, 0.3) is 0 Å². The minimum Gasteiger partial charge on any atom is -0.480 e. The lowest BCUT2D eigenvalue weighted by atomic mass is 9.87. The predicted molar refractivity (Wildman–Crippen MR) is 93.8 cm³/mol. The molecular weight excluding hydrogens is 302 g/mol. The molecule has 0 saturated heterocycles. The summed E-state index contributed by atoms with van der Waals surface area (Å²) in [5, 5.41) is 14.5. The Balaban J connectivity index is 1.75. The number of aliphatic carboxylic acids is 1. The predicted octanol–water partition coefficient (Wildman–Crippen LogP) is 3.53. The summed E-state index contributed by atoms with van der Waals surface area (Å²) in [5.74, 6) is -1.12. The monoisotopic (exact) mass is 325 g/mol. The number of carbonyl (C=O) groups is 2. The molecule has 0 heterocycles. The first-order valence-electron chi connectivity index (χ1n) is 8.49. The van der Waals surface area contributed by atoms with Crippen LogP contribution >= 0.6 is 0 Å². The first kappa shape index (κ1) is 16.5. The molecule has 2 N–H and O–H groups in total. The Hall–Kier alpha value is -2.36. The number of carboxylic acid groups (broad SMARTS) is 1. The van der Waals surface area contributed by atoms with E-state index in [9.17, 15) is 14.7 Å². The minimum atomic E-state index is -0.988. The van der Waals surface area contributed by atoms with Gasteiger partial charge in [-0.3, -0.25) is 4.79 Å². The van der Waals surface area contributed by atoms with Gasteiger partial charge < -0.3 is 10.4 Å². The Labute approximate surface area is 141 Å². The SMILES string of the molecule is CC1(C(=O)N[C@@H](Cc2ccc3ccccc3c2)C(=O)O)CCCC1. The van der Waals surface area contributed by atoms with Crippen molar-refractivity contribution >= 4 is 22.6 Å². The van der Waals surface area contributed by atoms with E-state index >= 15 is 0 Å². The van der Waals surface area contributed by atoms with Crippen LogP contribution in [0.15, 0.2) is 42.5 Å². The minimum absolute atomic E-state index is 0.131. The van der Waals surface area contributed by atoms with E-state index in [1.807, 2.05) is 49.4 Å². The van der Waals surface area contributed by atoms with Gasteiger partial charge in [-0.25, -0.2) is 4.79 Å². The third kappa shape index (κ3) is 3.42. The van der Waals surface area contributed by atoms with Crippen LogP contribution in [0.4, 0.5) is 0 Å². The van der Waals surface area contributed by atoms with Crippen molar-refractivity contribution in [1.29, 1.82) is 0 Å². The highest BCUT2D eigenvalue weighted by Crippen LogP contribution is 2.37. The summed E-state index contributed by atoms with van der Waals surface area (Å²) in [4.78, 5) is 24.1. The number of rotatable bonds is 5. The lowest BCUT2D eigenvalue weighted by Crippen LogP contribution is -2.47. The van der Waals surface area contributed by atoms with Gasteiger partial charge >= 0.3 is 5.97 Å². The van der Waals surface area contributed by atoms with Crippen LogP contribution in [-0.4, -0.2) is 23.0 Å². The van der Waals surface area contributed by atoms with E-state index in [0.717, 1.165) is 42.0 Å². The highest BCUT2D eigenvalue weighted by molar-refractivity contribution is 5.88. The van der Waals surface area contributed by atoms with Crippen molar-refractivity contribution < 1.29 is 14.7 Å². The second-order valence-electron chi connectivity index (χ2n) is 7.02. The number of carboxylic acids is 1. The van der Waals surface area contributed by atoms with Crippen molar-refractivity contribution in [2.24, 2.45) is 5.41 Å². The largest absolute Gasteiger partial charge is 0.480 e. The van der Waals surface area contributed by atoms with Crippen LogP contribution in [0, 0.1) is 5.41 Å². The fraction of sp³-hybridized carbons (Fsp3) is 0.400. The molecule has 4 heteroatoms. The Morgan fingerprint density at radius 2 is 1.79 bits per heavy atom. The Bertz CT molecular complexity index is 762. The summed E-state index contributed by atoms with van der Waals surface area (Å²) in [6.07, 6.45) is 4.03. The fourth-order valence-electron chi connectivity index (χ4n) is 3.52. The van der Waals surface area contributed by atoms with Crippen LogP contribution in [0.1, 0.15) is 38.2 Å². The number of hydrogen-bond donors (Lipinski definition) is 2. The normalized spacial score (nSPS) is 17.5. The van der Waals surface area contributed by atoms with Gasteiger partial charge in [0.1, 0.15) is 6.04 Å². The molecule has 0 radical (unpaired) electrons. The maximum Gasteiger partial charge on any atom is 0.326 e. The van der Waals surface area contributed by atoms with Crippen LogP contribution in [0.5, 0.6) is 0 Å². The number of fused-ring (bicyclic) bond motifs is 1. The topological polar surface area (TPSA) is 66.4 Å². The van der Waals surface area contributed by atoms with Crippen molar-refractivity contribution in [1.82, 2.24) is 5.32 Å². The molecule has 1 aliphatic carbocycles. The number of carbonyl (C=O) groups excluding carboxylic acids is 1. The van der Waals surface area contributed by atoms with Crippen molar-refractivity contribution in [2.75, 3.05) is 0 Å². The second kappa shape index (κ2) is 6.63. The molecule has 3 rings (SSSR count). The summed E-state index contributed by atoms with van der Waals surface area (Å²) in [6.45, 7) is 1.93. The molecule has 0 aliphatic heterocycles. The van der Waals surface area contributed by atoms with Gasteiger partial charge in [0, 0.05) is 11.8 Å². The molecule has 0 bridgehead atoms. The molecule has 2 aromatic carbocycles. The fourth-order valence-corrected chi connectivity index (χ4v) is 3.52. The van der Waals surface area contributed by atoms with E-state index in [0.29, 0.717) is 6.42 Å². The summed E-state index contributed by atoms with van der Waals surface area (Å²) in [5.41, 5.74) is 0.495. The van der Waals surface area contributed by atoms with E-state index < -0.39 is 17.4 Å². The lowest BCUT2D eigenvalue weighted by molar-refractivity contribution is -0.143. The maximum atomic E-state index is 12.5. The maximum absolute atomic E-state index is 12.5. The summed E-state index contributed by atoms with van der Waals surface area (Å²) in [7, 11) is 0. The smallest absolute Gasteiger partial charge is 0.326 e. The van der Waals surface area contributed by atoms with Crippen molar-refractivity contribution in [3.8, 4) is 0 Å². The van der Waals surface area contributed by atoms with Crippen molar-refractivity contribution in [2.45, 2.75) is 45.1 Å².